The Balaban J connectivity index is 2.68. The van der Waals surface area contributed by atoms with Crippen LogP contribution in [0, 0.1) is 20.8 Å². The molecule has 0 radical (unpaired) electrons. The summed E-state index contributed by atoms with van der Waals surface area (Å²) in [6, 6.07) is 2.12. The minimum Gasteiger partial charge on any atom is -0.496 e. The summed E-state index contributed by atoms with van der Waals surface area (Å²) in [4.78, 5) is 0. The molecule has 0 atom stereocenters. The zero-order chi connectivity index (χ0) is 13.5. The molecule has 0 aliphatic carbocycles. The van der Waals surface area contributed by atoms with E-state index in [9.17, 15) is 0 Å². The molecule has 0 amide bonds. The summed E-state index contributed by atoms with van der Waals surface area (Å²) in [6.07, 6.45) is 2.23. The third-order valence-corrected chi connectivity index (χ3v) is 3.54. The summed E-state index contributed by atoms with van der Waals surface area (Å²) in [5.41, 5.74) is 10.7. The molecule has 102 valence electrons. The van der Waals surface area contributed by atoms with Crippen molar-refractivity contribution in [1.82, 2.24) is 5.32 Å². The van der Waals surface area contributed by atoms with Gasteiger partial charge in [0.15, 0.2) is 0 Å². The van der Waals surface area contributed by atoms with Crippen LogP contribution >= 0.6 is 0 Å². The molecule has 0 aromatic heterocycles. The van der Waals surface area contributed by atoms with E-state index in [1.807, 2.05) is 0 Å². The Morgan fingerprint density at radius 1 is 1.17 bits per heavy atom. The average molecular weight is 250 g/mol. The zero-order valence-corrected chi connectivity index (χ0v) is 12.1. The minimum atomic E-state index is 0.779. The van der Waals surface area contributed by atoms with E-state index in [1.54, 1.807) is 7.11 Å². The molecular weight excluding hydrogens is 224 g/mol. The quantitative estimate of drug-likeness (QED) is 0.731. The highest BCUT2D eigenvalue weighted by Crippen LogP contribution is 2.27. The van der Waals surface area contributed by atoms with E-state index in [0.29, 0.717) is 0 Å². The largest absolute Gasteiger partial charge is 0.496 e. The molecule has 0 aliphatic rings. The van der Waals surface area contributed by atoms with Crippen LogP contribution in [0.25, 0.3) is 0 Å². The van der Waals surface area contributed by atoms with Crippen LogP contribution in [-0.4, -0.2) is 20.2 Å². The van der Waals surface area contributed by atoms with E-state index in [-0.39, 0.29) is 0 Å². The van der Waals surface area contributed by atoms with Gasteiger partial charge in [-0.2, -0.15) is 0 Å². The van der Waals surface area contributed by atoms with E-state index >= 15 is 0 Å². The van der Waals surface area contributed by atoms with E-state index in [0.717, 1.165) is 38.2 Å². The summed E-state index contributed by atoms with van der Waals surface area (Å²) in [7, 11) is 1.73. The van der Waals surface area contributed by atoms with Crippen LogP contribution in [0.3, 0.4) is 0 Å². The molecule has 0 bridgehead atoms. The Bertz CT molecular complexity index is 389. The first-order chi connectivity index (χ1) is 8.61. The van der Waals surface area contributed by atoms with Crippen molar-refractivity contribution < 1.29 is 4.74 Å². The highest BCUT2D eigenvalue weighted by molar-refractivity contribution is 5.48. The summed E-state index contributed by atoms with van der Waals surface area (Å²) in [6.45, 7) is 9.16. The molecule has 1 aromatic rings. The molecule has 0 fully saturated rings. The second kappa shape index (κ2) is 7.39. The minimum absolute atomic E-state index is 0.779. The van der Waals surface area contributed by atoms with Crippen molar-refractivity contribution in [2.75, 3.05) is 20.2 Å². The number of rotatable bonds is 7. The van der Waals surface area contributed by atoms with Gasteiger partial charge in [-0.05, 0) is 75.0 Å². The Morgan fingerprint density at radius 2 is 1.89 bits per heavy atom. The van der Waals surface area contributed by atoms with Gasteiger partial charge < -0.3 is 15.8 Å². The van der Waals surface area contributed by atoms with Crippen LogP contribution < -0.4 is 15.8 Å². The van der Waals surface area contributed by atoms with Crippen molar-refractivity contribution in [3.63, 3.8) is 0 Å². The first-order valence-electron chi connectivity index (χ1n) is 6.66. The van der Waals surface area contributed by atoms with Crippen LogP contribution in [0.2, 0.25) is 0 Å². The van der Waals surface area contributed by atoms with E-state index in [1.165, 1.54) is 22.3 Å². The molecule has 0 saturated carbocycles. The van der Waals surface area contributed by atoms with Crippen LogP contribution in [0.1, 0.15) is 35.1 Å². The Kier molecular flexibility index (Phi) is 6.16. The molecule has 3 N–H and O–H groups in total. The van der Waals surface area contributed by atoms with E-state index < -0.39 is 0 Å². The van der Waals surface area contributed by atoms with Crippen LogP contribution in [-0.2, 0) is 6.54 Å². The van der Waals surface area contributed by atoms with Crippen LogP contribution in [0.15, 0.2) is 6.07 Å². The van der Waals surface area contributed by atoms with Gasteiger partial charge in [-0.3, -0.25) is 0 Å². The highest BCUT2D eigenvalue weighted by atomic mass is 16.5. The predicted octanol–water partition coefficient (Wildman–Crippen LogP) is 2.45. The average Bonchev–Trinajstić information content (AvgIpc) is 2.37. The predicted molar refractivity (Wildman–Crippen MR) is 77.2 cm³/mol. The van der Waals surface area contributed by atoms with Crippen molar-refractivity contribution in [2.45, 2.75) is 40.2 Å². The van der Waals surface area contributed by atoms with Crippen molar-refractivity contribution in [3.05, 3.63) is 28.3 Å². The van der Waals surface area contributed by atoms with E-state index in [4.69, 9.17) is 10.5 Å². The van der Waals surface area contributed by atoms with Gasteiger partial charge in [0.05, 0.1) is 7.11 Å². The Hall–Kier alpha value is -1.06. The van der Waals surface area contributed by atoms with Crippen molar-refractivity contribution in [2.24, 2.45) is 5.73 Å². The number of hydrogen-bond acceptors (Lipinski definition) is 3. The number of aryl methyl sites for hydroxylation is 1. The van der Waals surface area contributed by atoms with Gasteiger partial charge >= 0.3 is 0 Å². The van der Waals surface area contributed by atoms with Crippen molar-refractivity contribution in [1.29, 1.82) is 0 Å². The molecule has 1 aromatic carbocycles. The number of hydrogen-bond donors (Lipinski definition) is 2. The maximum Gasteiger partial charge on any atom is 0.122 e. The van der Waals surface area contributed by atoms with Gasteiger partial charge in [0.1, 0.15) is 5.75 Å². The second-order valence-electron chi connectivity index (χ2n) is 4.80. The molecule has 0 saturated heterocycles. The van der Waals surface area contributed by atoms with Gasteiger partial charge in [-0.15, -0.1) is 0 Å². The standard InChI is InChI=1S/C15H26N2O/c1-11-9-15(18-4)13(3)12(2)14(11)10-17-8-6-5-7-16/h9,17H,5-8,10,16H2,1-4H3. The fourth-order valence-electron chi connectivity index (χ4n) is 2.19. The molecule has 0 heterocycles. The zero-order valence-electron chi connectivity index (χ0n) is 12.1. The first kappa shape index (κ1) is 15.0. The number of ether oxygens (including phenoxy) is 1. The molecule has 1 rings (SSSR count). The number of nitrogens with two attached hydrogens (primary N) is 1. The second-order valence-corrected chi connectivity index (χ2v) is 4.80. The molecule has 0 spiro atoms. The normalized spacial score (nSPS) is 10.7. The highest BCUT2D eigenvalue weighted by Gasteiger charge is 2.09. The molecule has 0 unspecified atom stereocenters. The number of unbranched alkanes of at least 4 members (excludes halogenated alkanes) is 1. The lowest BCUT2D eigenvalue weighted by Crippen LogP contribution is -2.17. The lowest BCUT2D eigenvalue weighted by molar-refractivity contribution is 0.410. The van der Waals surface area contributed by atoms with Gasteiger partial charge in [-0.1, -0.05) is 0 Å². The molecule has 0 aliphatic heterocycles. The molecule has 3 nitrogen and oxygen atoms in total. The van der Waals surface area contributed by atoms with Gasteiger partial charge in [0, 0.05) is 6.54 Å². The van der Waals surface area contributed by atoms with Crippen molar-refractivity contribution in [3.8, 4) is 5.75 Å². The lowest BCUT2D eigenvalue weighted by atomic mass is 9.97. The maximum atomic E-state index is 5.48. The third-order valence-electron chi connectivity index (χ3n) is 3.54. The smallest absolute Gasteiger partial charge is 0.122 e. The SMILES string of the molecule is COc1cc(C)c(CNCCCCN)c(C)c1C. The van der Waals surface area contributed by atoms with E-state index in [2.05, 4.69) is 32.2 Å². The number of benzene rings is 1. The van der Waals surface area contributed by atoms with Crippen LogP contribution in [0.4, 0.5) is 0 Å². The van der Waals surface area contributed by atoms with Crippen LogP contribution in [0.5, 0.6) is 5.75 Å². The number of methoxy groups -OCH3 is 1. The summed E-state index contributed by atoms with van der Waals surface area (Å²) in [5, 5.41) is 3.49. The molecule has 18 heavy (non-hydrogen) atoms. The van der Waals surface area contributed by atoms with Gasteiger partial charge in [0.2, 0.25) is 0 Å². The third kappa shape index (κ3) is 3.72. The molecular formula is C15H26N2O. The number of nitrogens with one attached hydrogen (secondary N) is 1. The first-order valence-corrected chi connectivity index (χ1v) is 6.66. The fraction of sp³-hybridized carbons (Fsp3) is 0.600. The maximum absolute atomic E-state index is 5.48. The summed E-state index contributed by atoms with van der Waals surface area (Å²) < 4.78 is 5.38. The van der Waals surface area contributed by atoms with Crippen molar-refractivity contribution >= 4 is 0 Å². The monoisotopic (exact) mass is 250 g/mol. The summed E-state index contributed by atoms with van der Waals surface area (Å²) in [5.74, 6) is 0.983. The summed E-state index contributed by atoms with van der Waals surface area (Å²) >= 11 is 0. The topological polar surface area (TPSA) is 47.3 Å². The Morgan fingerprint density at radius 3 is 2.50 bits per heavy atom. The lowest BCUT2D eigenvalue weighted by Gasteiger charge is -2.16. The fourth-order valence-corrected chi connectivity index (χ4v) is 2.19. The van der Waals surface area contributed by atoms with Gasteiger partial charge in [0.25, 0.3) is 0 Å². The Labute approximate surface area is 111 Å². The van der Waals surface area contributed by atoms with Gasteiger partial charge in [-0.25, -0.2) is 0 Å². The molecule has 3 heteroatoms.